The number of aliphatic hydroxyl groups excluding tert-OH is 1. The van der Waals surface area contributed by atoms with Crippen LogP contribution in [-0.2, 0) is 35.1 Å². The molecule has 10 nitrogen and oxygen atoms in total. The topological polar surface area (TPSA) is 125 Å². The Morgan fingerprint density at radius 1 is 1.22 bits per heavy atom. The lowest BCUT2D eigenvalue weighted by atomic mass is 9.70. The normalized spacial score (nSPS) is 26.9. The summed E-state index contributed by atoms with van der Waals surface area (Å²) >= 11 is 0. The van der Waals surface area contributed by atoms with Crippen molar-refractivity contribution < 1.29 is 33.8 Å². The standard InChI is InChI=1S/C35H49N3O7/c1-6-9-16-28(40)36-21-24(5)44-34(43)29-27-17-18-35(45-27)30(29)32(41)38(26(22-39)20-25-14-11-10-12-15-25)31(35)33(42)37(19-8-3)23(4)13-7-2/h6,8,10-12,14-15,23-24,26-27,29-31,39H,1,3,7,9,13,16-22H2,2,4-5H3,(H,36,40)/t23?,24-,26-,27+,29-,30-,31+,35-/m1/s1. The Hall–Kier alpha value is -3.50. The molecule has 0 radical (unpaired) electrons. The molecule has 2 N–H and O–H groups in total. The average molecular weight is 624 g/mol. The Balaban J connectivity index is 1.66. The van der Waals surface area contributed by atoms with Gasteiger partial charge in [-0.3, -0.25) is 19.2 Å². The highest BCUT2D eigenvalue weighted by Crippen LogP contribution is 2.59. The van der Waals surface area contributed by atoms with Crippen molar-refractivity contribution in [1.29, 1.82) is 0 Å². The molecule has 45 heavy (non-hydrogen) atoms. The summed E-state index contributed by atoms with van der Waals surface area (Å²) in [7, 11) is 0. The lowest BCUT2D eigenvalue weighted by Gasteiger charge is -2.41. The Morgan fingerprint density at radius 2 is 1.96 bits per heavy atom. The van der Waals surface area contributed by atoms with Crippen molar-refractivity contribution in [2.45, 2.75) is 102 Å². The molecule has 0 saturated carbocycles. The van der Waals surface area contributed by atoms with Gasteiger partial charge in [-0.1, -0.05) is 55.8 Å². The second-order valence-electron chi connectivity index (χ2n) is 12.6. The molecular weight excluding hydrogens is 574 g/mol. The second kappa shape index (κ2) is 15.2. The number of rotatable bonds is 17. The maximum Gasteiger partial charge on any atom is 0.312 e. The summed E-state index contributed by atoms with van der Waals surface area (Å²) in [5, 5.41) is 13.4. The van der Waals surface area contributed by atoms with Crippen molar-refractivity contribution in [2.24, 2.45) is 11.8 Å². The van der Waals surface area contributed by atoms with Crippen molar-refractivity contribution >= 4 is 23.7 Å². The molecule has 3 fully saturated rings. The number of amides is 3. The van der Waals surface area contributed by atoms with Gasteiger partial charge in [-0.05, 0) is 51.5 Å². The first-order chi connectivity index (χ1) is 21.6. The first-order valence-corrected chi connectivity index (χ1v) is 16.3. The molecule has 1 spiro atoms. The van der Waals surface area contributed by atoms with Gasteiger partial charge in [0, 0.05) is 19.0 Å². The first kappa shape index (κ1) is 34.4. The van der Waals surface area contributed by atoms with E-state index in [2.05, 4.69) is 25.4 Å². The largest absolute Gasteiger partial charge is 0.460 e. The average Bonchev–Trinajstić information content (AvgIpc) is 3.68. The van der Waals surface area contributed by atoms with Crippen LogP contribution in [0.25, 0.3) is 0 Å². The quantitative estimate of drug-likeness (QED) is 0.202. The molecule has 3 saturated heterocycles. The van der Waals surface area contributed by atoms with Crippen LogP contribution in [0.1, 0.15) is 64.9 Å². The van der Waals surface area contributed by atoms with Crippen LogP contribution in [-0.4, -0.2) is 94.2 Å². The van der Waals surface area contributed by atoms with E-state index in [1.165, 1.54) is 4.90 Å². The fraction of sp³-hybridized carbons (Fsp3) is 0.600. The van der Waals surface area contributed by atoms with E-state index in [-0.39, 0.29) is 36.9 Å². The third kappa shape index (κ3) is 7.02. The first-order valence-electron chi connectivity index (χ1n) is 16.3. The van der Waals surface area contributed by atoms with E-state index in [0.717, 1.165) is 18.4 Å². The minimum absolute atomic E-state index is 0.114. The highest BCUT2D eigenvalue weighted by Gasteiger charge is 2.75. The third-order valence-corrected chi connectivity index (χ3v) is 9.49. The fourth-order valence-corrected chi connectivity index (χ4v) is 7.42. The monoisotopic (exact) mass is 623 g/mol. The molecule has 3 aliphatic heterocycles. The van der Waals surface area contributed by atoms with Crippen molar-refractivity contribution in [2.75, 3.05) is 19.7 Å². The van der Waals surface area contributed by atoms with Gasteiger partial charge in [-0.2, -0.15) is 0 Å². The maximum atomic E-state index is 14.6. The van der Waals surface area contributed by atoms with Crippen molar-refractivity contribution in [3.8, 4) is 0 Å². The van der Waals surface area contributed by atoms with Gasteiger partial charge >= 0.3 is 5.97 Å². The molecule has 3 heterocycles. The van der Waals surface area contributed by atoms with Crippen LogP contribution in [0, 0.1) is 11.8 Å². The lowest BCUT2D eigenvalue weighted by molar-refractivity contribution is -0.160. The highest BCUT2D eigenvalue weighted by atomic mass is 16.6. The number of benzene rings is 1. The smallest absolute Gasteiger partial charge is 0.312 e. The number of hydrogen-bond donors (Lipinski definition) is 2. The van der Waals surface area contributed by atoms with E-state index < -0.39 is 47.7 Å². The molecule has 1 aromatic carbocycles. The summed E-state index contributed by atoms with van der Waals surface area (Å²) in [5.41, 5.74) is -0.308. The fourth-order valence-electron chi connectivity index (χ4n) is 7.42. The van der Waals surface area contributed by atoms with Crippen LogP contribution in [0.2, 0.25) is 0 Å². The second-order valence-corrected chi connectivity index (χ2v) is 12.6. The van der Waals surface area contributed by atoms with Gasteiger partial charge in [0.15, 0.2) is 0 Å². The predicted molar refractivity (Wildman–Crippen MR) is 170 cm³/mol. The minimum atomic E-state index is -1.22. The van der Waals surface area contributed by atoms with E-state index in [4.69, 9.17) is 9.47 Å². The molecule has 0 aromatic heterocycles. The van der Waals surface area contributed by atoms with Gasteiger partial charge in [0.05, 0.1) is 37.1 Å². The number of fused-ring (bicyclic) bond motifs is 1. The van der Waals surface area contributed by atoms with E-state index in [1.54, 1.807) is 24.0 Å². The number of nitrogens with zero attached hydrogens (tertiary/aromatic N) is 2. The van der Waals surface area contributed by atoms with Crippen LogP contribution in [0.5, 0.6) is 0 Å². The summed E-state index contributed by atoms with van der Waals surface area (Å²) in [4.78, 5) is 58.2. The van der Waals surface area contributed by atoms with Crippen LogP contribution in [0.4, 0.5) is 0 Å². The molecule has 2 bridgehead atoms. The number of ether oxygens (including phenoxy) is 2. The summed E-state index contributed by atoms with van der Waals surface area (Å²) in [6.07, 6.45) is 5.89. The molecule has 8 atom stereocenters. The Bertz CT molecular complexity index is 1240. The van der Waals surface area contributed by atoms with Gasteiger partial charge in [0.2, 0.25) is 17.7 Å². The van der Waals surface area contributed by atoms with Gasteiger partial charge in [0.1, 0.15) is 17.7 Å². The lowest BCUT2D eigenvalue weighted by Crippen LogP contribution is -2.60. The van der Waals surface area contributed by atoms with Gasteiger partial charge in [-0.15, -0.1) is 13.2 Å². The number of hydrogen-bond acceptors (Lipinski definition) is 7. The summed E-state index contributed by atoms with van der Waals surface area (Å²) in [6.45, 7) is 13.3. The number of likely N-dealkylation sites (tertiary alicyclic amines) is 1. The van der Waals surface area contributed by atoms with Crippen molar-refractivity contribution in [3.63, 3.8) is 0 Å². The molecular formula is C35H49N3O7. The summed E-state index contributed by atoms with van der Waals surface area (Å²) < 4.78 is 12.4. The third-order valence-electron chi connectivity index (χ3n) is 9.49. The molecule has 3 amide bonds. The van der Waals surface area contributed by atoms with Crippen LogP contribution in [0.3, 0.4) is 0 Å². The van der Waals surface area contributed by atoms with Gasteiger partial charge in [-0.25, -0.2) is 0 Å². The zero-order chi connectivity index (χ0) is 32.7. The van der Waals surface area contributed by atoms with Crippen molar-refractivity contribution in [1.82, 2.24) is 15.1 Å². The van der Waals surface area contributed by atoms with Gasteiger partial charge < -0.3 is 29.7 Å². The Labute approximate surface area is 266 Å². The zero-order valence-corrected chi connectivity index (χ0v) is 26.9. The molecule has 3 aliphatic rings. The minimum Gasteiger partial charge on any atom is -0.460 e. The SMILES string of the molecule is C=CCCC(=O)NC[C@@H](C)OC(=O)[C@@H]1[C@@H]2CC[C@]3(O2)[C@H](C(=O)N(CC=C)C(C)CCC)N([C@@H](CO)Cc2ccccc2)C(=O)[C@@H]13. The highest BCUT2D eigenvalue weighted by molar-refractivity contribution is 5.98. The van der Waals surface area contributed by atoms with Crippen molar-refractivity contribution in [3.05, 3.63) is 61.2 Å². The number of esters is 1. The Kier molecular flexibility index (Phi) is 11.6. The van der Waals surface area contributed by atoms with E-state index in [0.29, 0.717) is 38.6 Å². The van der Waals surface area contributed by atoms with E-state index in [9.17, 15) is 24.3 Å². The summed E-state index contributed by atoms with van der Waals surface area (Å²) in [6, 6.07) is 7.69. The molecule has 1 aromatic rings. The number of carbonyl (C=O) groups excluding carboxylic acids is 4. The Morgan fingerprint density at radius 3 is 2.60 bits per heavy atom. The van der Waals surface area contributed by atoms with Crippen LogP contribution in [0.15, 0.2) is 55.6 Å². The molecule has 10 heteroatoms. The molecule has 1 unspecified atom stereocenters. The zero-order valence-electron chi connectivity index (χ0n) is 26.9. The number of nitrogens with one attached hydrogen (secondary N) is 1. The van der Waals surface area contributed by atoms with E-state index in [1.807, 2.05) is 37.3 Å². The number of aliphatic hydroxyl groups is 1. The summed E-state index contributed by atoms with van der Waals surface area (Å²) in [5.74, 6) is -3.21. The molecule has 4 rings (SSSR count). The molecule has 246 valence electrons. The van der Waals surface area contributed by atoms with Crippen LogP contribution < -0.4 is 5.32 Å². The maximum absolute atomic E-state index is 14.6. The number of carbonyl (C=O) groups is 4. The van der Waals surface area contributed by atoms with Crippen LogP contribution >= 0.6 is 0 Å². The number of allylic oxidation sites excluding steroid dienone is 1. The predicted octanol–water partition coefficient (Wildman–Crippen LogP) is 3.18. The van der Waals surface area contributed by atoms with E-state index >= 15 is 0 Å². The van der Waals surface area contributed by atoms with Gasteiger partial charge in [0.25, 0.3) is 0 Å². The molecule has 0 aliphatic carbocycles.